The van der Waals surface area contributed by atoms with Crippen molar-refractivity contribution >= 4 is 0 Å². The van der Waals surface area contributed by atoms with E-state index in [1.807, 2.05) is 6.92 Å². The second kappa shape index (κ2) is 2.96. The van der Waals surface area contributed by atoms with Gasteiger partial charge in [-0.2, -0.15) is 9.97 Å². The van der Waals surface area contributed by atoms with E-state index in [2.05, 4.69) is 15.0 Å². The molecule has 1 rings (SSSR count). The van der Waals surface area contributed by atoms with Crippen molar-refractivity contribution < 1.29 is 4.74 Å². The molecule has 4 nitrogen and oxygen atoms in total. The summed E-state index contributed by atoms with van der Waals surface area (Å²) in [5.74, 6) is 0. The van der Waals surface area contributed by atoms with Crippen molar-refractivity contribution in [3.8, 4) is 6.01 Å². The summed E-state index contributed by atoms with van der Waals surface area (Å²) in [7, 11) is 0. The van der Waals surface area contributed by atoms with Crippen LogP contribution in [0, 0.1) is 0 Å². The fourth-order valence-electron chi connectivity index (χ4n) is 0.432. The molecule has 1 heterocycles. The lowest BCUT2D eigenvalue weighted by Gasteiger charge is -1.95. The predicted octanol–water partition coefficient (Wildman–Crippen LogP) is 0.270. The van der Waals surface area contributed by atoms with Gasteiger partial charge >= 0.3 is 6.01 Å². The van der Waals surface area contributed by atoms with Crippen LogP contribution in [0.3, 0.4) is 0 Å². The molecule has 1 aromatic rings. The highest BCUT2D eigenvalue weighted by Gasteiger charge is 1.88. The first-order chi connectivity index (χ1) is 4.43. The number of ether oxygens (including phenoxy) is 1. The molecule has 0 aliphatic carbocycles. The molecular weight excluding hydrogens is 118 g/mol. The second-order valence-corrected chi connectivity index (χ2v) is 1.35. The summed E-state index contributed by atoms with van der Waals surface area (Å²) >= 11 is 0. The molecule has 0 spiro atoms. The van der Waals surface area contributed by atoms with E-state index in [4.69, 9.17) is 4.74 Å². The summed E-state index contributed by atoms with van der Waals surface area (Å²) in [6.45, 7) is 2.47. The van der Waals surface area contributed by atoms with E-state index in [0.717, 1.165) is 0 Å². The van der Waals surface area contributed by atoms with E-state index >= 15 is 0 Å². The monoisotopic (exact) mass is 125 g/mol. The summed E-state index contributed by atoms with van der Waals surface area (Å²) in [5, 5.41) is 0. The van der Waals surface area contributed by atoms with Gasteiger partial charge in [0.05, 0.1) is 6.61 Å². The normalized spacial score (nSPS) is 9.00. The van der Waals surface area contributed by atoms with Gasteiger partial charge in [-0.3, -0.25) is 0 Å². The van der Waals surface area contributed by atoms with E-state index in [1.165, 1.54) is 12.7 Å². The Balaban J connectivity index is 2.61. The molecule has 0 aliphatic rings. The van der Waals surface area contributed by atoms with Gasteiger partial charge in [0.15, 0.2) is 0 Å². The molecule has 0 radical (unpaired) electrons. The van der Waals surface area contributed by atoms with E-state index in [1.54, 1.807) is 0 Å². The zero-order valence-corrected chi connectivity index (χ0v) is 5.11. The van der Waals surface area contributed by atoms with Gasteiger partial charge in [-0.05, 0) is 6.92 Å². The summed E-state index contributed by atoms with van der Waals surface area (Å²) < 4.78 is 4.94. The minimum absolute atomic E-state index is 0.382. The molecule has 0 saturated carbocycles. The van der Waals surface area contributed by atoms with Crippen LogP contribution in [0.25, 0.3) is 0 Å². The highest BCUT2D eigenvalue weighted by atomic mass is 16.5. The van der Waals surface area contributed by atoms with Gasteiger partial charge in [-0.15, -0.1) is 0 Å². The first-order valence-electron chi connectivity index (χ1n) is 2.68. The summed E-state index contributed by atoms with van der Waals surface area (Å²) in [4.78, 5) is 11.1. The minimum atomic E-state index is 0.382. The van der Waals surface area contributed by atoms with E-state index < -0.39 is 0 Å². The maximum absolute atomic E-state index is 4.94. The van der Waals surface area contributed by atoms with Crippen molar-refractivity contribution in [2.24, 2.45) is 0 Å². The lowest BCUT2D eigenvalue weighted by atomic mass is 10.9. The van der Waals surface area contributed by atoms with Crippen molar-refractivity contribution in [3.05, 3.63) is 12.7 Å². The third kappa shape index (κ3) is 1.64. The van der Waals surface area contributed by atoms with Crippen LogP contribution in [0.5, 0.6) is 6.01 Å². The van der Waals surface area contributed by atoms with Gasteiger partial charge in [-0.25, -0.2) is 4.98 Å². The number of rotatable bonds is 2. The third-order valence-corrected chi connectivity index (χ3v) is 0.743. The van der Waals surface area contributed by atoms with Gasteiger partial charge in [0, 0.05) is 0 Å². The predicted molar refractivity (Wildman–Crippen MR) is 31.0 cm³/mol. The van der Waals surface area contributed by atoms with Gasteiger partial charge < -0.3 is 4.74 Å². The molecule has 0 atom stereocenters. The fraction of sp³-hybridized carbons (Fsp3) is 0.400. The Bertz CT molecular complexity index is 165. The zero-order valence-electron chi connectivity index (χ0n) is 5.11. The molecule has 0 bridgehead atoms. The molecule has 0 aromatic carbocycles. The molecule has 0 N–H and O–H groups in total. The van der Waals surface area contributed by atoms with Crippen LogP contribution in [-0.2, 0) is 0 Å². The van der Waals surface area contributed by atoms with Crippen LogP contribution < -0.4 is 4.74 Å². The summed E-state index contributed by atoms with van der Waals surface area (Å²) in [6, 6.07) is 0.382. The first-order valence-corrected chi connectivity index (χ1v) is 2.68. The number of hydrogen-bond acceptors (Lipinski definition) is 4. The Morgan fingerprint density at radius 3 is 2.67 bits per heavy atom. The number of aromatic nitrogens is 3. The van der Waals surface area contributed by atoms with Crippen molar-refractivity contribution in [3.63, 3.8) is 0 Å². The Hall–Kier alpha value is -1.19. The van der Waals surface area contributed by atoms with Crippen LogP contribution in [0.1, 0.15) is 6.92 Å². The highest BCUT2D eigenvalue weighted by molar-refractivity contribution is 4.85. The van der Waals surface area contributed by atoms with Gasteiger partial charge in [0.1, 0.15) is 12.7 Å². The molecule has 0 amide bonds. The topological polar surface area (TPSA) is 47.9 Å². The number of hydrogen-bond donors (Lipinski definition) is 0. The van der Waals surface area contributed by atoms with Crippen LogP contribution in [0.4, 0.5) is 0 Å². The van der Waals surface area contributed by atoms with Crippen molar-refractivity contribution in [1.29, 1.82) is 0 Å². The van der Waals surface area contributed by atoms with Crippen molar-refractivity contribution in [2.45, 2.75) is 6.92 Å². The summed E-state index contributed by atoms with van der Waals surface area (Å²) in [5.41, 5.74) is 0. The average molecular weight is 125 g/mol. The average Bonchev–Trinajstić information content (AvgIpc) is 1.91. The fourth-order valence-corrected chi connectivity index (χ4v) is 0.432. The quantitative estimate of drug-likeness (QED) is 0.569. The van der Waals surface area contributed by atoms with Gasteiger partial charge in [0.25, 0.3) is 0 Å². The molecule has 0 unspecified atom stereocenters. The first kappa shape index (κ1) is 5.94. The standard InChI is InChI=1S/C5H7N3O/c1-2-9-5-7-3-6-4-8-5/h3-4H,2H2,1H3. The lowest BCUT2D eigenvalue weighted by Crippen LogP contribution is -1.96. The molecule has 1 aromatic heterocycles. The van der Waals surface area contributed by atoms with Crippen molar-refractivity contribution in [2.75, 3.05) is 6.61 Å². The second-order valence-electron chi connectivity index (χ2n) is 1.35. The molecular formula is C5H7N3O. The third-order valence-electron chi connectivity index (χ3n) is 0.743. The maximum atomic E-state index is 4.94. The summed E-state index contributed by atoms with van der Waals surface area (Å²) in [6.07, 6.45) is 2.80. The van der Waals surface area contributed by atoms with Crippen LogP contribution in [0.15, 0.2) is 12.7 Å². The molecule has 9 heavy (non-hydrogen) atoms. The molecule has 0 fully saturated rings. The van der Waals surface area contributed by atoms with Gasteiger partial charge in [0.2, 0.25) is 0 Å². The SMILES string of the molecule is CCOc1ncncn1. The largest absolute Gasteiger partial charge is 0.464 e. The maximum Gasteiger partial charge on any atom is 0.319 e. The van der Waals surface area contributed by atoms with E-state index in [-0.39, 0.29) is 0 Å². The molecule has 48 valence electrons. The highest BCUT2D eigenvalue weighted by Crippen LogP contribution is 1.93. The molecule has 4 heteroatoms. The van der Waals surface area contributed by atoms with Crippen molar-refractivity contribution in [1.82, 2.24) is 15.0 Å². The smallest absolute Gasteiger partial charge is 0.319 e. The Kier molecular flexibility index (Phi) is 1.95. The Labute approximate surface area is 52.9 Å². The molecule has 0 aliphatic heterocycles. The Morgan fingerprint density at radius 1 is 1.44 bits per heavy atom. The zero-order chi connectivity index (χ0) is 6.53. The molecule has 0 saturated heterocycles. The van der Waals surface area contributed by atoms with Gasteiger partial charge in [-0.1, -0.05) is 0 Å². The van der Waals surface area contributed by atoms with Crippen LogP contribution in [0.2, 0.25) is 0 Å². The lowest BCUT2D eigenvalue weighted by molar-refractivity contribution is 0.311. The van der Waals surface area contributed by atoms with E-state index in [9.17, 15) is 0 Å². The number of nitrogens with zero attached hydrogens (tertiary/aromatic N) is 3. The van der Waals surface area contributed by atoms with Crippen LogP contribution in [-0.4, -0.2) is 21.6 Å². The van der Waals surface area contributed by atoms with Crippen LogP contribution >= 0.6 is 0 Å². The Morgan fingerprint density at radius 2 is 2.11 bits per heavy atom. The van der Waals surface area contributed by atoms with E-state index in [0.29, 0.717) is 12.6 Å². The minimum Gasteiger partial charge on any atom is -0.464 e.